The van der Waals surface area contributed by atoms with E-state index in [-0.39, 0.29) is 12.5 Å². The number of hydrogen-bond donors (Lipinski definition) is 1. The summed E-state index contributed by atoms with van der Waals surface area (Å²) in [4.78, 5) is 17.1. The smallest absolute Gasteiger partial charge is 0.262 e. The fourth-order valence-electron chi connectivity index (χ4n) is 3.36. The van der Waals surface area contributed by atoms with Gasteiger partial charge in [0.15, 0.2) is 18.1 Å². The summed E-state index contributed by atoms with van der Waals surface area (Å²) in [6, 6.07) is 11.2. The molecule has 1 heterocycles. The number of hydrogen-bond acceptors (Lipinski definition) is 5. The summed E-state index contributed by atoms with van der Waals surface area (Å²) >= 11 is 6.18. The number of ether oxygens (including phenoxy) is 2. The van der Waals surface area contributed by atoms with E-state index in [0.717, 1.165) is 37.4 Å². The third-order valence-corrected chi connectivity index (χ3v) is 5.22. The highest BCUT2D eigenvalue weighted by Crippen LogP contribution is 2.31. The van der Waals surface area contributed by atoms with Crippen LogP contribution in [0.3, 0.4) is 0 Å². The van der Waals surface area contributed by atoms with Crippen molar-refractivity contribution in [2.45, 2.75) is 6.92 Å². The Kier molecular flexibility index (Phi) is 7.60. The Morgan fingerprint density at radius 2 is 1.90 bits per heavy atom. The molecule has 6 nitrogen and oxygen atoms in total. The molecule has 2 aromatic carbocycles. The summed E-state index contributed by atoms with van der Waals surface area (Å²) in [6.45, 7) is 5.56. The number of nitrogens with zero attached hydrogens (tertiary/aromatic N) is 2. The van der Waals surface area contributed by atoms with Gasteiger partial charge in [-0.2, -0.15) is 0 Å². The van der Waals surface area contributed by atoms with E-state index < -0.39 is 0 Å². The Labute approximate surface area is 183 Å². The summed E-state index contributed by atoms with van der Waals surface area (Å²) < 4.78 is 11.1. The Bertz CT molecular complexity index is 909. The lowest BCUT2D eigenvalue weighted by atomic mass is 10.2. The van der Waals surface area contributed by atoms with Crippen LogP contribution < -0.4 is 19.7 Å². The topological polar surface area (TPSA) is 54.0 Å². The zero-order valence-electron chi connectivity index (χ0n) is 17.7. The molecule has 1 N–H and O–H groups in total. The van der Waals surface area contributed by atoms with Crippen molar-refractivity contribution in [2.24, 2.45) is 0 Å². The standard InChI is InChI=1S/C23H28ClN3O3/c1-4-5-17-6-9-21(22(14-17)29-3)30-16-23(28)25-19-15-18(24)7-8-20(19)27-12-10-26(2)11-13-27/h4-9,14-15H,10-13,16H2,1-3H3,(H,25,28). The summed E-state index contributed by atoms with van der Waals surface area (Å²) in [5.74, 6) is 0.845. The van der Waals surface area contributed by atoms with E-state index in [2.05, 4.69) is 22.2 Å². The van der Waals surface area contributed by atoms with Gasteiger partial charge in [-0.1, -0.05) is 29.8 Å². The Morgan fingerprint density at radius 3 is 2.60 bits per heavy atom. The van der Waals surface area contributed by atoms with Gasteiger partial charge in [0.2, 0.25) is 0 Å². The first-order chi connectivity index (χ1) is 14.5. The van der Waals surface area contributed by atoms with Gasteiger partial charge < -0.3 is 24.6 Å². The number of piperazine rings is 1. The average molecular weight is 430 g/mol. The van der Waals surface area contributed by atoms with Crippen molar-refractivity contribution in [3.05, 3.63) is 53.1 Å². The van der Waals surface area contributed by atoms with Crippen LogP contribution in [0.1, 0.15) is 12.5 Å². The lowest BCUT2D eigenvalue weighted by molar-refractivity contribution is -0.118. The van der Waals surface area contributed by atoms with Gasteiger partial charge in [0.1, 0.15) is 0 Å². The number of methoxy groups -OCH3 is 1. The van der Waals surface area contributed by atoms with Crippen molar-refractivity contribution in [3.63, 3.8) is 0 Å². The van der Waals surface area contributed by atoms with Crippen LogP contribution in [0.15, 0.2) is 42.5 Å². The van der Waals surface area contributed by atoms with Crippen LogP contribution in [-0.2, 0) is 4.79 Å². The van der Waals surface area contributed by atoms with Crippen molar-refractivity contribution < 1.29 is 14.3 Å². The molecule has 7 heteroatoms. The molecular formula is C23H28ClN3O3. The van der Waals surface area contributed by atoms with Crippen LogP contribution in [0.25, 0.3) is 6.08 Å². The minimum Gasteiger partial charge on any atom is -0.493 e. The predicted molar refractivity (Wildman–Crippen MR) is 123 cm³/mol. The molecule has 3 rings (SSSR count). The number of likely N-dealkylation sites (N-methyl/N-ethyl adjacent to an activating group) is 1. The van der Waals surface area contributed by atoms with Gasteiger partial charge in [0.05, 0.1) is 18.5 Å². The highest BCUT2D eigenvalue weighted by atomic mass is 35.5. The van der Waals surface area contributed by atoms with Gasteiger partial charge in [-0.3, -0.25) is 4.79 Å². The van der Waals surface area contributed by atoms with Gasteiger partial charge in [-0.05, 0) is 49.9 Å². The van der Waals surface area contributed by atoms with Crippen LogP contribution in [0.4, 0.5) is 11.4 Å². The molecule has 0 aromatic heterocycles. The van der Waals surface area contributed by atoms with E-state index in [1.54, 1.807) is 19.2 Å². The van der Waals surface area contributed by atoms with Crippen molar-refractivity contribution in [3.8, 4) is 11.5 Å². The number of benzene rings is 2. The minimum absolute atomic E-state index is 0.131. The molecule has 0 saturated carbocycles. The van der Waals surface area contributed by atoms with E-state index in [1.165, 1.54) is 0 Å². The first-order valence-corrected chi connectivity index (χ1v) is 10.3. The quantitative estimate of drug-likeness (QED) is 0.716. The fourth-order valence-corrected chi connectivity index (χ4v) is 3.53. The first-order valence-electron chi connectivity index (χ1n) is 9.96. The number of nitrogens with one attached hydrogen (secondary N) is 1. The number of carbonyl (C=O) groups excluding carboxylic acids is 1. The van der Waals surface area contributed by atoms with Gasteiger partial charge in [-0.15, -0.1) is 0 Å². The van der Waals surface area contributed by atoms with E-state index in [0.29, 0.717) is 22.2 Å². The second kappa shape index (κ2) is 10.4. The Morgan fingerprint density at radius 1 is 1.13 bits per heavy atom. The molecule has 30 heavy (non-hydrogen) atoms. The summed E-state index contributed by atoms with van der Waals surface area (Å²) in [5, 5.41) is 3.52. The zero-order chi connectivity index (χ0) is 21.5. The lowest BCUT2D eigenvalue weighted by Gasteiger charge is -2.35. The van der Waals surface area contributed by atoms with Crippen LogP contribution in [0.2, 0.25) is 5.02 Å². The zero-order valence-corrected chi connectivity index (χ0v) is 18.4. The monoisotopic (exact) mass is 429 g/mol. The van der Waals surface area contributed by atoms with Crippen LogP contribution in [0.5, 0.6) is 11.5 Å². The number of allylic oxidation sites excluding steroid dienone is 1. The molecule has 160 valence electrons. The molecule has 0 aliphatic carbocycles. The number of rotatable bonds is 7. The van der Waals surface area contributed by atoms with Gasteiger partial charge in [0, 0.05) is 31.2 Å². The SMILES string of the molecule is CC=Cc1ccc(OCC(=O)Nc2cc(Cl)ccc2N2CCN(C)CC2)c(OC)c1. The minimum atomic E-state index is -0.257. The van der Waals surface area contributed by atoms with Crippen molar-refractivity contribution in [1.29, 1.82) is 0 Å². The Hall–Kier alpha value is -2.70. The molecular weight excluding hydrogens is 402 g/mol. The van der Waals surface area contributed by atoms with Gasteiger partial charge in [0.25, 0.3) is 5.91 Å². The number of halogens is 1. The van der Waals surface area contributed by atoms with Crippen molar-refractivity contribution in [2.75, 3.05) is 57.2 Å². The fraction of sp³-hybridized carbons (Fsp3) is 0.348. The van der Waals surface area contributed by atoms with Crippen molar-refractivity contribution in [1.82, 2.24) is 4.90 Å². The van der Waals surface area contributed by atoms with Crippen LogP contribution >= 0.6 is 11.6 Å². The summed E-state index contributed by atoms with van der Waals surface area (Å²) in [6.07, 6.45) is 3.92. The molecule has 0 unspecified atom stereocenters. The second-order valence-corrected chi connectivity index (χ2v) is 7.64. The first kappa shape index (κ1) is 22.0. The molecule has 1 saturated heterocycles. The molecule has 0 bridgehead atoms. The maximum atomic E-state index is 12.6. The third-order valence-electron chi connectivity index (χ3n) is 4.98. The average Bonchev–Trinajstić information content (AvgIpc) is 2.74. The van der Waals surface area contributed by atoms with E-state index >= 15 is 0 Å². The maximum absolute atomic E-state index is 12.6. The van der Waals surface area contributed by atoms with Crippen molar-refractivity contribution >= 4 is 35.0 Å². The number of amides is 1. The second-order valence-electron chi connectivity index (χ2n) is 7.20. The van der Waals surface area contributed by atoms with Crippen LogP contribution in [-0.4, -0.2) is 57.8 Å². The third kappa shape index (κ3) is 5.68. The number of anilines is 2. The molecule has 0 spiro atoms. The highest BCUT2D eigenvalue weighted by Gasteiger charge is 2.18. The molecule has 0 radical (unpaired) electrons. The molecule has 1 fully saturated rings. The highest BCUT2D eigenvalue weighted by molar-refractivity contribution is 6.31. The molecule has 1 aliphatic rings. The summed E-state index contributed by atoms with van der Waals surface area (Å²) in [7, 11) is 3.69. The molecule has 0 atom stereocenters. The van der Waals surface area contributed by atoms with Gasteiger partial charge >= 0.3 is 0 Å². The summed E-state index contributed by atoms with van der Waals surface area (Å²) in [5.41, 5.74) is 2.66. The largest absolute Gasteiger partial charge is 0.493 e. The van der Waals surface area contributed by atoms with Crippen LogP contribution in [0, 0.1) is 0 Å². The van der Waals surface area contributed by atoms with E-state index in [1.807, 2.05) is 43.3 Å². The van der Waals surface area contributed by atoms with E-state index in [9.17, 15) is 4.79 Å². The Balaban J connectivity index is 1.67. The van der Waals surface area contributed by atoms with Gasteiger partial charge in [-0.25, -0.2) is 0 Å². The molecule has 1 aliphatic heterocycles. The normalized spacial score (nSPS) is 14.7. The molecule has 2 aromatic rings. The predicted octanol–water partition coefficient (Wildman–Crippen LogP) is 4.15. The van der Waals surface area contributed by atoms with E-state index in [4.69, 9.17) is 21.1 Å². The lowest BCUT2D eigenvalue weighted by Crippen LogP contribution is -2.44. The maximum Gasteiger partial charge on any atom is 0.262 e. The number of carbonyl (C=O) groups is 1. The molecule has 1 amide bonds.